The molecule has 0 aromatic heterocycles. The average Bonchev–Trinajstić information content (AvgIpc) is 2.61. The highest BCUT2D eigenvalue weighted by Crippen LogP contribution is 2.29. The van der Waals surface area contributed by atoms with E-state index >= 15 is 0 Å². The molecule has 0 saturated heterocycles. The standard InChI is InChI=1S/C18H23N3O3.HI/c1-22-15-6-4-5-13(11-15)9-10-20-18(19)21-14-7-8-16(23-2)17(12-14)24-3;/h4-8,11-12H,9-10H2,1-3H3,(H3,19,20,21);1H. The number of nitrogens with zero attached hydrogens (tertiary/aromatic N) is 1. The fourth-order valence-electron chi connectivity index (χ4n) is 2.23. The zero-order valence-corrected chi connectivity index (χ0v) is 16.9. The molecule has 0 radical (unpaired) electrons. The van der Waals surface area contributed by atoms with Crippen LogP contribution in [0.5, 0.6) is 17.2 Å². The Hall–Kier alpha value is -2.16. The Kier molecular flexibility index (Phi) is 8.90. The fraction of sp³-hybridized carbons (Fsp3) is 0.278. The van der Waals surface area contributed by atoms with Crippen molar-refractivity contribution in [1.29, 1.82) is 0 Å². The number of hydrogen-bond donors (Lipinski definition) is 2. The van der Waals surface area contributed by atoms with Crippen molar-refractivity contribution in [3.63, 3.8) is 0 Å². The van der Waals surface area contributed by atoms with Gasteiger partial charge in [0.25, 0.3) is 0 Å². The summed E-state index contributed by atoms with van der Waals surface area (Å²) in [4.78, 5) is 4.34. The maximum atomic E-state index is 5.93. The Labute approximate surface area is 165 Å². The Morgan fingerprint density at radius 2 is 1.76 bits per heavy atom. The Balaban J connectivity index is 0.00000312. The molecular formula is C18H24IN3O3. The molecule has 3 N–H and O–H groups in total. The van der Waals surface area contributed by atoms with Crippen LogP contribution in [-0.2, 0) is 6.42 Å². The minimum atomic E-state index is 0. The molecule has 0 heterocycles. The van der Waals surface area contributed by atoms with E-state index in [0.717, 1.165) is 23.4 Å². The van der Waals surface area contributed by atoms with Crippen molar-refractivity contribution >= 4 is 35.6 Å². The summed E-state index contributed by atoms with van der Waals surface area (Å²) in [5.74, 6) is 2.49. The number of rotatable bonds is 7. The first-order valence-electron chi connectivity index (χ1n) is 7.58. The van der Waals surface area contributed by atoms with Gasteiger partial charge in [0.2, 0.25) is 0 Å². The van der Waals surface area contributed by atoms with Crippen LogP contribution in [0.1, 0.15) is 5.56 Å². The maximum Gasteiger partial charge on any atom is 0.193 e. The Bertz CT molecular complexity index is 708. The molecule has 0 aliphatic heterocycles. The minimum Gasteiger partial charge on any atom is -0.497 e. The van der Waals surface area contributed by atoms with E-state index in [-0.39, 0.29) is 24.0 Å². The van der Waals surface area contributed by atoms with Crippen LogP contribution in [0.2, 0.25) is 0 Å². The molecule has 6 nitrogen and oxygen atoms in total. The highest BCUT2D eigenvalue weighted by atomic mass is 127. The normalized spacial score (nSPS) is 10.6. The van der Waals surface area contributed by atoms with Gasteiger partial charge in [-0.2, -0.15) is 0 Å². The summed E-state index contributed by atoms with van der Waals surface area (Å²) < 4.78 is 15.7. The summed E-state index contributed by atoms with van der Waals surface area (Å²) >= 11 is 0. The van der Waals surface area contributed by atoms with E-state index in [4.69, 9.17) is 19.9 Å². The van der Waals surface area contributed by atoms with Crippen LogP contribution >= 0.6 is 24.0 Å². The molecule has 136 valence electrons. The van der Waals surface area contributed by atoms with Gasteiger partial charge in [0.05, 0.1) is 21.3 Å². The topological polar surface area (TPSA) is 78.1 Å². The monoisotopic (exact) mass is 457 g/mol. The number of methoxy groups -OCH3 is 3. The van der Waals surface area contributed by atoms with Crippen LogP contribution in [0.15, 0.2) is 47.5 Å². The molecule has 0 unspecified atom stereocenters. The third-order valence-electron chi connectivity index (χ3n) is 3.47. The van der Waals surface area contributed by atoms with Crippen LogP contribution in [0.3, 0.4) is 0 Å². The van der Waals surface area contributed by atoms with Crippen molar-refractivity contribution in [1.82, 2.24) is 0 Å². The van der Waals surface area contributed by atoms with E-state index in [9.17, 15) is 0 Å². The highest BCUT2D eigenvalue weighted by Gasteiger charge is 2.05. The van der Waals surface area contributed by atoms with E-state index in [0.29, 0.717) is 24.0 Å². The molecule has 0 amide bonds. The van der Waals surface area contributed by atoms with Crippen molar-refractivity contribution in [2.24, 2.45) is 10.7 Å². The van der Waals surface area contributed by atoms with E-state index in [1.165, 1.54) is 0 Å². The predicted molar refractivity (Wildman–Crippen MR) is 112 cm³/mol. The molecule has 2 aromatic carbocycles. The lowest BCUT2D eigenvalue weighted by Crippen LogP contribution is -2.23. The zero-order chi connectivity index (χ0) is 17.4. The van der Waals surface area contributed by atoms with E-state index in [1.54, 1.807) is 21.3 Å². The van der Waals surface area contributed by atoms with E-state index in [1.807, 2.05) is 42.5 Å². The van der Waals surface area contributed by atoms with E-state index in [2.05, 4.69) is 10.3 Å². The number of hydrogen-bond acceptors (Lipinski definition) is 4. The van der Waals surface area contributed by atoms with Crippen LogP contribution in [-0.4, -0.2) is 33.8 Å². The second-order valence-corrected chi connectivity index (χ2v) is 5.06. The quantitative estimate of drug-likeness (QED) is 0.379. The first kappa shape index (κ1) is 20.9. The summed E-state index contributed by atoms with van der Waals surface area (Å²) in [6.45, 7) is 0.583. The van der Waals surface area contributed by atoms with Gasteiger partial charge in [-0.25, -0.2) is 0 Å². The molecule has 0 atom stereocenters. The van der Waals surface area contributed by atoms with Crippen molar-refractivity contribution in [3.05, 3.63) is 48.0 Å². The molecule has 0 aliphatic carbocycles. The molecule has 0 saturated carbocycles. The van der Waals surface area contributed by atoms with E-state index < -0.39 is 0 Å². The lowest BCUT2D eigenvalue weighted by atomic mass is 10.1. The molecule has 2 rings (SSSR count). The molecule has 0 fully saturated rings. The van der Waals surface area contributed by atoms with Gasteiger partial charge in [0.1, 0.15) is 5.75 Å². The van der Waals surface area contributed by atoms with Gasteiger partial charge >= 0.3 is 0 Å². The van der Waals surface area contributed by atoms with Crippen LogP contribution < -0.4 is 25.3 Å². The number of nitrogens with two attached hydrogens (primary N) is 1. The van der Waals surface area contributed by atoms with Crippen LogP contribution in [0.25, 0.3) is 0 Å². The lowest BCUT2D eigenvalue weighted by molar-refractivity contribution is 0.355. The molecule has 7 heteroatoms. The van der Waals surface area contributed by atoms with Crippen molar-refractivity contribution < 1.29 is 14.2 Å². The number of ether oxygens (including phenoxy) is 3. The molecular weight excluding hydrogens is 433 g/mol. The smallest absolute Gasteiger partial charge is 0.193 e. The molecule has 0 bridgehead atoms. The van der Waals surface area contributed by atoms with Crippen molar-refractivity contribution in [2.45, 2.75) is 6.42 Å². The molecule has 0 spiro atoms. The minimum absolute atomic E-state index is 0. The second-order valence-electron chi connectivity index (χ2n) is 5.06. The first-order valence-corrected chi connectivity index (χ1v) is 7.58. The summed E-state index contributed by atoms with van der Waals surface area (Å²) in [7, 11) is 4.84. The number of anilines is 1. The van der Waals surface area contributed by atoms with Crippen molar-refractivity contribution in [2.75, 3.05) is 33.2 Å². The number of benzene rings is 2. The number of guanidine groups is 1. The summed E-state index contributed by atoms with van der Waals surface area (Å²) in [5, 5.41) is 3.04. The summed E-state index contributed by atoms with van der Waals surface area (Å²) in [5.41, 5.74) is 7.87. The highest BCUT2D eigenvalue weighted by molar-refractivity contribution is 14.0. The number of aliphatic imine (C=N–C) groups is 1. The number of nitrogens with one attached hydrogen (secondary N) is 1. The van der Waals surface area contributed by atoms with Gasteiger partial charge in [-0.3, -0.25) is 4.99 Å². The maximum absolute atomic E-state index is 5.93. The lowest BCUT2D eigenvalue weighted by Gasteiger charge is -2.11. The van der Waals surface area contributed by atoms with Gasteiger partial charge in [-0.15, -0.1) is 24.0 Å². The Morgan fingerprint density at radius 3 is 2.44 bits per heavy atom. The van der Waals surface area contributed by atoms with Gasteiger partial charge in [0.15, 0.2) is 17.5 Å². The van der Waals surface area contributed by atoms with Crippen molar-refractivity contribution in [3.8, 4) is 17.2 Å². The second kappa shape index (κ2) is 10.7. The van der Waals surface area contributed by atoms with Crippen LogP contribution in [0, 0.1) is 0 Å². The van der Waals surface area contributed by atoms with Gasteiger partial charge in [-0.1, -0.05) is 12.1 Å². The molecule has 2 aromatic rings. The third kappa shape index (κ3) is 6.33. The summed E-state index contributed by atoms with van der Waals surface area (Å²) in [6.07, 6.45) is 0.783. The predicted octanol–water partition coefficient (Wildman–Crippen LogP) is 3.30. The van der Waals surface area contributed by atoms with Gasteiger partial charge in [0, 0.05) is 18.3 Å². The van der Waals surface area contributed by atoms with Gasteiger partial charge in [-0.05, 0) is 36.2 Å². The largest absolute Gasteiger partial charge is 0.497 e. The average molecular weight is 457 g/mol. The number of halogens is 1. The molecule has 25 heavy (non-hydrogen) atoms. The zero-order valence-electron chi connectivity index (χ0n) is 14.6. The fourth-order valence-corrected chi connectivity index (χ4v) is 2.23. The third-order valence-corrected chi connectivity index (χ3v) is 3.47. The Morgan fingerprint density at radius 1 is 1.00 bits per heavy atom. The van der Waals surface area contributed by atoms with Gasteiger partial charge < -0.3 is 25.3 Å². The SMILES string of the molecule is COc1cccc(CCN=C(N)Nc2ccc(OC)c(OC)c2)c1.I. The summed E-state index contributed by atoms with van der Waals surface area (Å²) in [6, 6.07) is 13.4. The van der Waals surface area contributed by atoms with Crippen LogP contribution in [0.4, 0.5) is 5.69 Å². The molecule has 0 aliphatic rings. The first-order chi connectivity index (χ1) is 11.7.